The summed E-state index contributed by atoms with van der Waals surface area (Å²) in [6.45, 7) is 21.6. The van der Waals surface area contributed by atoms with E-state index in [0.717, 1.165) is 142 Å². The summed E-state index contributed by atoms with van der Waals surface area (Å²) >= 11 is 0. The van der Waals surface area contributed by atoms with Gasteiger partial charge in [0.1, 0.15) is 5.78 Å². The minimum Gasteiger partial charge on any atom is -0.393 e. The van der Waals surface area contributed by atoms with E-state index in [4.69, 9.17) is 10.00 Å². The molecular formula is C73H93N7O6. The number of imide groups is 1. The molecule has 456 valence electrons. The average Bonchev–Trinajstić information content (AvgIpc) is 2.50. The van der Waals surface area contributed by atoms with E-state index in [0.29, 0.717) is 17.6 Å². The lowest BCUT2D eigenvalue weighted by molar-refractivity contribution is -0.156. The minimum atomic E-state index is -0.524. The van der Waals surface area contributed by atoms with Crippen molar-refractivity contribution in [1.29, 1.82) is 5.26 Å². The van der Waals surface area contributed by atoms with Crippen LogP contribution >= 0.6 is 0 Å². The summed E-state index contributed by atoms with van der Waals surface area (Å²) in [6, 6.07) is 54.7. The molecule has 0 radical (unpaired) electrons. The first-order chi connectivity index (χ1) is 41.6. The van der Waals surface area contributed by atoms with Crippen molar-refractivity contribution in [2.24, 2.45) is 16.2 Å². The van der Waals surface area contributed by atoms with Crippen LogP contribution in [0.2, 0.25) is 0 Å². The summed E-state index contributed by atoms with van der Waals surface area (Å²) < 4.78 is 4.71. The smallest absolute Gasteiger partial charge is 0.320 e. The van der Waals surface area contributed by atoms with E-state index in [1.54, 1.807) is 7.05 Å². The number of benzene rings is 5. The number of hydrogen-bond donors (Lipinski definition) is 0. The lowest BCUT2D eigenvalue weighted by Gasteiger charge is -2.38. The number of carbonyl (C=O) groups is 5. The van der Waals surface area contributed by atoms with Gasteiger partial charge >= 0.3 is 11.9 Å². The van der Waals surface area contributed by atoms with Crippen LogP contribution in [0.4, 0.5) is 0 Å². The van der Waals surface area contributed by atoms with Crippen molar-refractivity contribution in [2.75, 3.05) is 72.5 Å². The Kier molecular flexibility index (Phi) is 24.3. The molecule has 5 aromatic carbocycles. The largest absolute Gasteiger partial charge is 0.393 e. The zero-order valence-corrected chi connectivity index (χ0v) is 51.8. The maximum absolute atomic E-state index is 12.2. The molecule has 0 unspecified atom stereocenters. The van der Waals surface area contributed by atoms with Crippen molar-refractivity contribution in [2.45, 2.75) is 137 Å². The highest BCUT2D eigenvalue weighted by molar-refractivity contribution is 6.05. The van der Waals surface area contributed by atoms with Gasteiger partial charge in [0.05, 0.1) is 23.3 Å². The van der Waals surface area contributed by atoms with E-state index < -0.39 is 10.8 Å². The highest BCUT2D eigenvalue weighted by Gasteiger charge is 2.52. The Balaban J connectivity index is 0.000000140. The first kappa shape index (κ1) is 65.1. The lowest BCUT2D eigenvalue weighted by Crippen LogP contribution is -2.43. The summed E-state index contributed by atoms with van der Waals surface area (Å²) in [5.74, 6) is -0.249. The molecule has 2 amide bonds. The maximum atomic E-state index is 12.2. The second kappa shape index (κ2) is 32.2. The van der Waals surface area contributed by atoms with E-state index in [1.807, 2.05) is 37.3 Å². The van der Waals surface area contributed by atoms with E-state index in [1.165, 1.54) is 70.6 Å². The number of hydrogen-bond acceptors (Lipinski definition) is 12. The van der Waals surface area contributed by atoms with Gasteiger partial charge in [-0.05, 0) is 131 Å². The van der Waals surface area contributed by atoms with Crippen LogP contribution in [0, 0.1) is 27.6 Å². The van der Waals surface area contributed by atoms with E-state index in [9.17, 15) is 24.0 Å². The van der Waals surface area contributed by atoms with Gasteiger partial charge in [-0.15, -0.1) is 0 Å². The Morgan fingerprint density at radius 3 is 1.09 bits per heavy atom. The van der Waals surface area contributed by atoms with Gasteiger partial charge in [-0.25, -0.2) is 0 Å². The number of piperidine rings is 5. The summed E-state index contributed by atoms with van der Waals surface area (Å²) in [7, 11) is 1.61. The highest BCUT2D eigenvalue weighted by Crippen LogP contribution is 2.43. The van der Waals surface area contributed by atoms with Gasteiger partial charge in [-0.3, -0.25) is 53.4 Å². The van der Waals surface area contributed by atoms with Crippen molar-refractivity contribution in [3.8, 4) is 6.07 Å². The Labute approximate surface area is 513 Å². The number of ether oxygens (including phenoxy) is 1. The second-order valence-electron chi connectivity index (χ2n) is 25.3. The van der Waals surface area contributed by atoms with Crippen LogP contribution in [0.1, 0.15) is 132 Å². The van der Waals surface area contributed by atoms with Crippen LogP contribution < -0.4 is 0 Å². The van der Waals surface area contributed by atoms with Crippen LogP contribution in [0.3, 0.4) is 0 Å². The molecule has 0 aromatic heterocycles. The second-order valence-corrected chi connectivity index (χ2v) is 25.3. The molecule has 0 atom stereocenters. The zero-order chi connectivity index (χ0) is 60.8. The normalized spacial score (nSPS) is 20.5. The number of carbonyl (C=O) groups excluding carboxylic acids is 5. The Morgan fingerprint density at radius 1 is 0.465 bits per heavy atom. The molecule has 5 aromatic rings. The Hall–Kier alpha value is -6.92. The summed E-state index contributed by atoms with van der Waals surface area (Å²) in [5.41, 5.74) is 8.68. The molecule has 7 saturated heterocycles. The van der Waals surface area contributed by atoms with Gasteiger partial charge in [0.15, 0.2) is 0 Å². The number of cyclic esters (lactones) is 2. The molecule has 0 saturated carbocycles. The predicted octanol–water partition coefficient (Wildman–Crippen LogP) is 12.1. The Bertz CT molecular complexity index is 3000. The number of nitriles is 1. The summed E-state index contributed by atoms with van der Waals surface area (Å²) in [5, 5.41) is 8.87. The van der Waals surface area contributed by atoms with Crippen molar-refractivity contribution in [3.05, 3.63) is 191 Å². The number of amides is 2. The average molecular weight is 1160 g/mol. The molecular weight excluding hydrogens is 1070 g/mol. The highest BCUT2D eigenvalue weighted by atomic mass is 16.6. The molecule has 7 fully saturated rings. The Morgan fingerprint density at radius 2 is 0.791 bits per heavy atom. The van der Waals surface area contributed by atoms with Crippen molar-refractivity contribution < 1.29 is 28.7 Å². The third-order valence-corrected chi connectivity index (χ3v) is 19.1. The SMILES string of the molecule is CC(C#N)=C1CCN(Cc2ccccc2)CC1.CCC1(C)CCN(Cc2ccccc2)CC1.CN1C(=O)CC2(CCN(Cc3ccccc3)CC2)C1=O.O=C1CC2(CCN(Cc3ccccc3)CC2)C(=O)O1.O=C1CCN(Cc2ccccc2)CC1. The molecule has 86 heavy (non-hydrogen) atoms. The third-order valence-electron chi connectivity index (χ3n) is 19.1. The number of likely N-dealkylation sites (tertiary alicyclic amines) is 6. The molecule has 7 heterocycles. The molecule has 13 heteroatoms. The van der Waals surface area contributed by atoms with Crippen LogP contribution in [-0.2, 0) is 61.4 Å². The fourth-order valence-electron chi connectivity index (χ4n) is 12.8. The summed E-state index contributed by atoms with van der Waals surface area (Å²) in [6.07, 6.45) is 11.3. The molecule has 13 nitrogen and oxygen atoms in total. The number of rotatable bonds is 11. The van der Waals surface area contributed by atoms with Gasteiger partial charge in [0.25, 0.3) is 0 Å². The number of nitrogens with zero attached hydrogens (tertiary/aromatic N) is 7. The fourth-order valence-corrected chi connectivity index (χ4v) is 12.8. The molecule has 12 rings (SSSR count). The van der Waals surface area contributed by atoms with Gasteiger partial charge in [0, 0.05) is 90.8 Å². The van der Waals surface area contributed by atoms with Gasteiger partial charge in [-0.1, -0.05) is 178 Å². The predicted molar refractivity (Wildman–Crippen MR) is 339 cm³/mol. The first-order valence-electron chi connectivity index (χ1n) is 31.6. The zero-order valence-electron chi connectivity index (χ0n) is 51.8. The monoisotopic (exact) mass is 1160 g/mol. The van der Waals surface area contributed by atoms with Gasteiger partial charge < -0.3 is 4.74 Å². The van der Waals surface area contributed by atoms with Crippen molar-refractivity contribution >= 4 is 29.5 Å². The molecule has 7 aliphatic rings. The van der Waals surface area contributed by atoms with E-state index in [2.05, 4.69) is 166 Å². The maximum Gasteiger partial charge on any atom is 0.320 e. The number of ketones is 1. The van der Waals surface area contributed by atoms with Gasteiger partial charge in [-0.2, -0.15) is 5.26 Å². The van der Waals surface area contributed by atoms with Crippen LogP contribution in [-0.4, -0.2) is 131 Å². The number of Topliss-reactive ketones (excluding diaryl/α,β-unsaturated/α-hetero) is 1. The lowest BCUT2D eigenvalue weighted by atomic mass is 9.77. The standard InChI is InChI=1S/C16H20N2O2.C15H18N2.C15H17NO3.C15H23N.C12H15NO/c1-17-14(19)11-16(15(17)20)7-9-18(10-8-16)12-13-5-3-2-4-6-13;1-13(11-16)15-7-9-17(10-8-15)12-14-5-3-2-4-6-14;17-13-10-15(14(18)19-13)6-8-16(9-7-15)11-12-4-2-1-3-5-12;1-3-15(2)9-11-16(12-10-15)13-14-7-5-4-6-8-14;14-12-6-8-13(9-7-12)10-11-4-2-1-3-5-11/h2-6H,7-12H2,1H3;2-6H,7-10,12H2,1H3;1-5H,6-11H2;4-8H,3,9-13H2,1-2H3;1-5H,6-10H2. The van der Waals surface area contributed by atoms with Crippen LogP contribution in [0.15, 0.2) is 163 Å². The molecule has 0 N–H and O–H groups in total. The molecule has 0 aliphatic carbocycles. The quantitative estimate of drug-likeness (QED) is 0.0538. The molecule has 0 bridgehead atoms. The number of esters is 2. The third kappa shape index (κ3) is 19.3. The van der Waals surface area contributed by atoms with Crippen LogP contribution in [0.25, 0.3) is 0 Å². The fraction of sp³-hybridized carbons (Fsp3) is 0.479. The van der Waals surface area contributed by atoms with E-state index >= 15 is 0 Å². The topological polar surface area (TPSA) is 138 Å². The van der Waals surface area contributed by atoms with Gasteiger partial charge in [0.2, 0.25) is 11.8 Å². The van der Waals surface area contributed by atoms with E-state index in [-0.39, 0.29) is 30.2 Å². The van der Waals surface area contributed by atoms with Crippen molar-refractivity contribution in [1.82, 2.24) is 29.4 Å². The summed E-state index contributed by atoms with van der Waals surface area (Å²) in [4.78, 5) is 71.4. The van der Waals surface area contributed by atoms with Crippen LogP contribution in [0.5, 0.6) is 0 Å². The number of allylic oxidation sites excluding steroid dienone is 1. The van der Waals surface area contributed by atoms with Crippen molar-refractivity contribution in [3.63, 3.8) is 0 Å². The minimum absolute atomic E-state index is 0.0218. The molecule has 7 aliphatic heterocycles. The first-order valence-corrected chi connectivity index (χ1v) is 31.6. The molecule has 2 spiro atoms.